The van der Waals surface area contributed by atoms with Gasteiger partial charge in [-0.05, 0) is 68.9 Å². The maximum absolute atomic E-state index is 11.6. The Kier molecular flexibility index (Phi) is 14.6. The highest BCUT2D eigenvalue weighted by Crippen LogP contribution is 2.24. The number of unbranched alkanes of at least 4 members (excludes halogenated alkanes) is 1. The van der Waals surface area contributed by atoms with E-state index in [1.165, 1.54) is 0 Å². The molecule has 34 heavy (non-hydrogen) atoms. The minimum absolute atomic E-state index is 0.0581. The van der Waals surface area contributed by atoms with Crippen molar-refractivity contribution < 1.29 is 14.3 Å². The Bertz CT molecular complexity index is 851. The number of ether oxygens (including phenoxy) is 1. The van der Waals surface area contributed by atoms with Crippen LogP contribution in [0.25, 0.3) is 0 Å². The van der Waals surface area contributed by atoms with E-state index in [1.807, 2.05) is 19.1 Å². The van der Waals surface area contributed by atoms with Crippen molar-refractivity contribution in [1.82, 2.24) is 10.2 Å². The Balaban J connectivity index is 0.000000340. The fourth-order valence-electron chi connectivity index (χ4n) is 2.99. The van der Waals surface area contributed by atoms with E-state index in [2.05, 4.69) is 36.3 Å². The number of likely N-dealkylation sites (N-methyl/N-ethyl adjacent to an activating group) is 1. The van der Waals surface area contributed by atoms with Crippen LogP contribution in [0.4, 0.5) is 11.4 Å². The normalized spacial score (nSPS) is 10.4. The van der Waals surface area contributed by atoms with Crippen molar-refractivity contribution in [2.75, 3.05) is 50.4 Å². The number of benzene rings is 2. The van der Waals surface area contributed by atoms with Gasteiger partial charge in [0.15, 0.2) is 0 Å². The number of anilines is 2. The second-order valence-corrected chi connectivity index (χ2v) is 8.20. The monoisotopic (exact) mass is 490 g/mol. The van der Waals surface area contributed by atoms with E-state index in [0.29, 0.717) is 35.1 Å². The molecule has 2 aromatic carbocycles. The molecule has 0 saturated carbocycles. The molecule has 0 bridgehead atoms. The number of para-hydroxylation sites is 1. The summed E-state index contributed by atoms with van der Waals surface area (Å²) in [5.41, 5.74) is 8.40. The van der Waals surface area contributed by atoms with Crippen LogP contribution in [0.15, 0.2) is 42.5 Å². The molecule has 0 aliphatic rings. The Hall–Kier alpha value is -2.61. The number of aryl methyl sites for hydroxylation is 1. The molecule has 0 aromatic heterocycles. The zero-order valence-corrected chi connectivity index (χ0v) is 21.6. The topological polar surface area (TPSA) is 96.7 Å². The molecule has 0 spiro atoms. The van der Waals surface area contributed by atoms with Crippen LogP contribution in [0.3, 0.4) is 0 Å². The van der Waals surface area contributed by atoms with Gasteiger partial charge in [0, 0.05) is 12.2 Å². The van der Waals surface area contributed by atoms with Crippen LogP contribution in [0, 0.1) is 6.92 Å². The zero-order chi connectivity index (χ0) is 25.3. The van der Waals surface area contributed by atoms with Crippen molar-refractivity contribution in [2.45, 2.75) is 40.5 Å². The van der Waals surface area contributed by atoms with Gasteiger partial charge < -0.3 is 26.0 Å². The molecule has 7 nitrogen and oxygen atoms in total. The van der Waals surface area contributed by atoms with Crippen LogP contribution in [0.2, 0.25) is 5.02 Å². The quantitative estimate of drug-likeness (QED) is 0.226. The molecule has 0 radical (unpaired) electrons. The average molecular weight is 491 g/mol. The molecule has 2 rings (SSSR count). The lowest BCUT2D eigenvalue weighted by Gasteiger charge is -2.17. The van der Waals surface area contributed by atoms with Crippen molar-refractivity contribution in [3.05, 3.63) is 58.6 Å². The Labute approximate surface area is 209 Å². The minimum Gasteiger partial charge on any atom is -0.461 e. The van der Waals surface area contributed by atoms with E-state index in [4.69, 9.17) is 22.1 Å². The summed E-state index contributed by atoms with van der Waals surface area (Å²) in [4.78, 5) is 25.5. The van der Waals surface area contributed by atoms with Crippen LogP contribution in [-0.2, 0) is 9.53 Å². The van der Waals surface area contributed by atoms with E-state index in [0.717, 1.165) is 44.6 Å². The summed E-state index contributed by atoms with van der Waals surface area (Å²) in [5.74, 6) is -0.352. The van der Waals surface area contributed by atoms with Gasteiger partial charge in [-0.25, -0.2) is 4.79 Å². The fourth-order valence-corrected chi connectivity index (χ4v) is 3.26. The first-order chi connectivity index (χ1) is 16.3. The molecule has 188 valence electrons. The molecule has 0 fully saturated rings. The molecule has 8 heteroatoms. The van der Waals surface area contributed by atoms with Gasteiger partial charge in [0.2, 0.25) is 5.91 Å². The summed E-state index contributed by atoms with van der Waals surface area (Å²) in [6.07, 6.45) is 2.21. The highest BCUT2D eigenvalue weighted by atomic mass is 35.5. The van der Waals surface area contributed by atoms with Gasteiger partial charge in [-0.1, -0.05) is 50.9 Å². The number of carbonyl (C=O) groups excluding carboxylic acids is 2. The molecular weight excluding hydrogens is 452 g/mol. The summed E-state index contributed by atoms with van der Waals surface area (Å²) in [6, 6.07) is 12.3. The molecule has 0 aliphatic heterocycles. The van der Waals surface area contributed by atoms with Crippen molar-refractivity contribution in [3.63, 3.8) is 0 Å². The number of nitrogen functional groups attached to an aromatic ring is 1. The average Bonchev–Trinajstić information content (AvgIpc) is 2.83. The number of rotatable bonds is 12. The van der Waals surface area contributed by atoms with Crippen molar-refractivity contribution in [1.29, 1.82) is 0 Å². The van der Waals surface area contributed by atoms with Crippen molar-refractivity contribution in [2.24, 2.45) is 0 Å². The molecule has 0 saturated heterocycles. The number of hydrogen-bond acceptors (Lipinski definition) is 6. The van der Waals surface area contributed by atoms with Crippen LogP contribution < -0.4 is 16.4 Å². The summed E-state index contributed by atoms with van der Waals surface area (Å²) in [5, 5.41) is 6.49. The first kappa shape index (κ1) is 29.4. The molecule has 0 aliphatic carbocycles. The number of esters is 1. The predicted octanol–water partition coefficient (Wildman–Crippen LogP) is 4.74. The van der Waals surface area contributed by atoms with Gasteiger partial charge in [0.1, 0.15) is 6.61 Å². The van der Waals surface area contributed by atoms with Gasteiger partial charge >= 0.3 is 5.97 Å². The van der Waals surface area contributed by atoms with Gasteiger partial charge in [0.25, 0.3) is 0 Å². The third kappa shape index (κ3) is 11.5. The van der Waals surface area contributed by atoms with Crippen LogP contribution in [-0.4, -0.2) is 56.1 Å². The van der Waals surface area contributed by atoms with Crippen molar-refractivity contribution >= 4 is 34.9 Å². The lowest BCUT2D eigenvalue weighted by atomic mass is 10.2. The molecule has 0 atom stereocenters. The Morgan fingerprint density at radius 2 is 1.74 bits per heavy atom. The zero-order valence-electron chi connectivity index (χ0n) is 20.8. The molecule has 0 unspecified atom stereocenters. The largest absolute Gasteiger partial charge is 0.461 e. The SMILES string of the molecule is CCCCNCC(=O)Nc1c(C)cccc1Cl.CCN(CC)CCOC(=O)c1ccc(N)cc1. The third-order valence-electron chi connectivity index (χ3n) is 5.16. The van der Waals surface area contributed by atoms with E-state index in [-0.39, 0.29) is 11.9 Å². The second kappa shape index (κ2) is 16.9. The Morgan fingerprint density at radius 3 is 2.32 bits per heavy atom. The van der Waals surface area contributed by atoms with Gasteiger partial charge in [-0.15, -0.1) is 0 Å². The summed E-state index contributed by atoms with van der Waals surface area (Å²) < 4.78 is 5.18. The molecule has 4 N–H and O–H groups in total. The summed E-state index contributed by atoms with van der Waals surface area (Å²) in [7, 11) is 0. The van der Waals surface area contributed by atoms with E-state index < -0.39 is 0 Å². The second-order valence-electron chi connectivity index (χ2n) is 7.80. The van der Waals surface area contributed by atoms with Gasteiger partial charge in [-0.2, -0.15) is 0 Å². The molecular formula is C26H39ClN4O3. The predicted molar refractivity (Wildman–Crippen MR) is 142 cm³/mol. The highest BCUT2D eigenvalue weighted by molar-refractivity contribution is 6.33. The number of nitrogens with one attached hydrogen (secondary N) is 2. The molecule has 0 heterocycles. The molecule has 2 aromatic rings. The first-order valence-electron chi connectivity index (χ1n) is 11.8. The van der Waals surface area contributed by atoms with Crippen LogP contribution >= 0.6 is 11.6 Å². The molecule has 1 amide bonds. The summed E-state index contributed by atoms with van der Waals surface area (Å²) in [6.45, 7) is 12.5. The smallest absolute Gasteiger partial charge is 0.338 e. The standard InChI is InChI=1S/C13H19ClN2O.C13H20N2O2/c1-3-4-8-15-9-12(17)16-13-10(2)6-5-7-11(13)14;1-3-15(4-2)9-10-17-13(16)11-5-7-12(14)8-6-11/h5-7,15H,3-4,8-9H2,1-2H3,(H,16,17);5-8H,3-4,9-10,14H2,1-2H3. The lowest BCUT2D eigenvalue weighted by Crippen LogP contribution is -2.29. The third-order valence-corrected chi connectivity index (χ3v) is 5.48. The lowest BCUT2D eigenvalue weighted by molar-refractivity contribution is -0.115. The summed E-state index contributed by atoms with van der Waals surface area (Å²) >= 11 is 6.02. The minimum atomic E-state index is -0.294. The number of amides is 1. The Morgan fingerprint density at radius 1 is 1.06 bits per heavy atom. The number of nitrogens with zero attached hydrogens (tertiary/aromatic N) is 1. The number of hydrogen-bond donors (Lipinski definition) is 3. The number of nitrogens with two attached hydrogens (primary N) is 1. The maximum Gasteiger partial charge on any atom is 0.338 e. The van der Waals surface area contributed by atoms with Crippen molar-refractivity contribution in [3.8, 4) is 0 Å². The first-order valence-corrected chi connectivity index (χ1v) is 12.2. The van der Waals surface area contributed by atoms with E-state index >= 15 is 0 Å². The number of halogens is 1. The van der Waals surface area contributed by atoms with Gasteiger partial charge in [-0.3, -0.25) is 4.79 Å². The highest BCUT2D eigenvalue weighted by Gasteiger charge is 2.08. The van der Waals surface area contributed by atoms with E-state index in [1.54, 1.807) is 30.3 Å². The van der Waals surface area contributed by atoms with E-state index in [9.17, 15) is 9.59 Å². The van der Waals surface area contributed by atoms with Crippen LogP contribution in [0.1, 0.15) is 49.5 Å². The maximum atomic E-state index is 11.6. The van der Waals surface area contributed by atoms with Crippen LogP contribution in [0.5, 0.6) is 0 Å². The number of carbonyl (C=O) groups is 2. The van der Waals surface area contributed by atoms with Gasteiger partial charge in [0.05, 0.1) is 22.8 Å². The fraction of sp³-hybridized carbons (Fsp3) is 0.462.